The second kappa shape index (κ2) is 4.21. The predicted octanol–water partition coefficient (Wildman–Crippen LogP) is 1.48. The number of aromatic nitrogens is 3. The molecule has 0 unspecified atom stereocenters. The van der Waals surface area contributed by atoms with Gasteiger partial charge in [-0.1, -0.05) is 0 Å². The van der Waals surface area contributed by atoms with Crippen LogP contribution in [0.3, 0.4) is 0 Å². The molecule has 0 saturated carbocycles. The van der Waals surface area contributed by atoms with Crippen LogP contribution >= 0.6 is 36.7 Å². The number of rotatable bonds is 0. The number of hydrogen-bond donors (Lipinski definition) is 3. The van der Waals surface area contributed by atoms with E-state index in [9.17, 15) is 0 Å². The molecule has 7 heteroatoms. The molecule has 0 aliphatic heterocycles. The molecule has 0 aliphatic rings. The number of aromatic amines is 3. The van der Waals surface area contributed by atoms with E-state index in [2.05, 4.69) is 15.0 Å². The molecule has 1 heterocycles. The van der Waals surface area contributed by atoms with E-state index in [1.807, 2.05) is 0 Å². The Morgan fingerprint density at radius 3 is 1.10 bits per heavy atom. The first-order valence-corrected chi connectivity index (χ1v) is 3.34. The summed E-state index contributed by atoms with van der Waals surface area (Å²) in [6.07, 6.45) is 0. The molecule has 0 amide bonds. The summed E-state index contributed by atoms with van der Waals surface area (Å²) in [5.41, 5.74) is 0. The summed E-state index contributed by atoms with van der Waals surface area (Å²) in [6.45, 7) is 0. The van der Waals surface area contributed by atoms with E-state index in [1.54, 1.807) is 0 Å². The van der Waals surface area contributed by atoms with Crippen molar-refractivity contribution < 1.29 is 0 Å². The van der Waals surface area contributed by atoms with Gasteiger partial charge in [-0.15, -0.1) is 0 Å². The van der Waals surface area contributed by atoms with Crippen LogP contribution in [0.15, 0.2) is 0 Å². The van der Waals surface area contributed by atoms with Crippen molar-refractivity contribution in [3.8, 4) is 0 Å². The van der Waals surface area contributed by atoms with Crippen LogP contribution in [-0.2, 0) is 0 Å². The van der Waals surface area contributed by atoms with Gasteiger partial charge in [-0.3, -0.25) is 0 Å². The summed E-state index contributed by atoms with van der Waals surface area (Å²) in [5, 5.41) is 0. The van der Waals surface area contributed by atoms with Crippen LogP contribution in [-0.4, -0.2) is 33.8 Å². The van der Waals surface area contributed by atoms with E-state index in [0.717, 1.165) is 0 Å². The minimum absolute atomic E-state index is 0. The van der Waals surface area contributed by atoms with Gasteiger partial charge < -0.3 is 15.0 Å². The Hall–Kier alpha value is 0.267. The SMILES string of the molecule is S=c1[nH]c(=S)[nH]c(=S)[nH]1.[Li]. The van der Waals surface area contributed by atoms with Gasteiger partial charge in [0.2, 0.25) is 0 Å². The molecule has 49 valence electrons. The molecule has 0 atom stereocenters. The molecule has 1 aromatic rings. The second-order valence-electron chi connectivity index (χ2n) is 1.36. The minimum atomic E-state index is 0. The summed E-state index contributed by atoms with van der Waals surface area (Å²) < 4.78 is 1.34. The molecule has 3 N–H and O–H groups in total. The van der Waals surface area contributed by atoms with E-state index < -0.39 is 0 Å². The molecule has 0 fully saturated rings. The fourth-order valence-electron chi connectivity index (χ4n) is 0.403. The van der Waals surface area contributed by atoms with Crippen LogP contribution in [0.25, 0.3) is 0 Å². The van der Waals surface area contributed by atoms with Crippen LogP contribution in [0.1, 0.15) is 0 Å². The number of nitrogens with one attached hydrogen (secondary N) is 3. The largest absolute Gasteiger partial charge is 0.309 e. The second-order valence-corrected chi connectivity index (χ2v) is 2.59. The molecule has 3 nitrogen and oxygen atoms in total. The van der Waals surface area contributed by atoms with Gasteiger partial charge in [-0.05, 0) is 36.7 Å². The molecule has 0 bridgehead atoms. The third-order valence-electron chi connectivity index (χ3n) is 0.681. The maximum absolute atomic E-state index is 4.72. The molecule has 1 rings (SSSR count). The summed E-state index contributed by atoms with van der Waals surface area (Å²) >= 11 is 14.2. The third kappa shape index (κ3) is 2.90. The molecule has 0 saturated heterocycles. The summed E-state index contributed by atoms with van der Waals surface area (Å²) in [5.74, 6) is 0. The quantitative estimate of drug-likeness (QED) is 0.423. The van der Waals surface area contributed by atoms with Crippen LogP contribution in [0, 0.1) is 14.3 Å². The van der Waals surface area contributed by atoms with E-state index >= 15 is 0 Å². The van der Waals surface area contributed by atoms with Crippen molar-refractivity contribution in [1.82, 2.24) is 15.0 Å². The fourth-order valence-corrected chi connectivity index (χ4v) is 1.21. The van der Waals surface area contributed by atoms with Crippen LogP contribution in [0.5, 0.6) is 0 Å². The van der Waals surface area contributed by atoms with E-state index in [1.165, 1.54) is 0 Å². The first-order chi connectivity index (χ1) is 4.18. The maximum Gasteiger partial charge on any atom is 0.178 e. The topological polar surface area (TPSA) is 47.4 Å². The van der Waals surface area contributed by atoms with Gasteiger partial charge in [0.05, 0.1) is 0 Å². The van der Waals surface area contributed by atoms with Crippen molar-refractivity contribution in [2.45, 2.75) is 0 Å². The average molecular weight is 184 g/mol. The van der Waals surface area contributed by atoms with Crippen molar-refractivity contribution in [3.63, 3.8) is 0 Å². The molecule has 1 aromatic heterocycles. The van der Waals surface area contributed by atoms with Gasteiger partial charge in [0.25, 0.3) is 0 Å². The van der Waals surface area contributed by atoms with Gasteiger partial charge in [0.1, 0.15) is 0 Å². The van der Waals surface area contributed by atoms with Crippen LogP contribution in [0.4, 0.5) is 0 Å². The number of H-pyrrole nitrogens is 3. The Kier molecular flexibility index (Phi) is 4.32. The van der Waals surface area contributed by atoms with Crippen molar-refractivity contribution in [2.24, 2.45) is 0 Å². The van der Waals surface area contributed by atoms with Gasteiger partial charge in [0, 0.05) is 18.9 Å². The summed E-state index contributed by atoms with van der Waals surface area (Å²) in [6, 6.07) is 0. The van der Waals surface area contributed by atoms with Crippen molar-refractivity contribution in [3.05, 3.63) is 14.3 Å². The van der Waals surface area contributed by atoms with E-state index in [0.29, 0.717) is 14.3 Å². The Morgan fingerprint density at radius 2 is 0.900 bits per heavy atom. The average Bonchev–Trinajstić information content (AvgIpc) is 1.59. The molecular formula is C3H3LiN3S3. The normalized spacial score (nSPS) is 8.40. The zero-order valence-electron chi connectivity index (χ0n) is 5.22. The zero-order chi connectivity index (χ0) is 6.85. The molecule has 0 aromatic carbocycles. The van der Waals surface area contributed by atoms with Crippen molar-refractivity contribution in [1.29, 1.82) is 0 Å². The van der Waals surface area contributed by atoms with Gasteiger partial charge in [-0.25, -0.2) is 0 Å². The predicted molar refractivity (Wildman–Crippen MR) is 47.8 cm³/mol. The molecule has 0 aliphatic carbocycles. The molecular weight excluding hydrogens is 181 g/mol. The van der Waals surface area contributed by atoms with Crippen molar-refractivity contribution in [2.75, 3.05) is 0 Å². The van der Waals surface area contributed by atoms with Crippen LogP contribution < -0.4 is 0 Å². The summed E-state index contributed by atoms with van der Waals surface area (Å²) in [4.78, 5) is 7.99. The van der Waals surface area contributed by atoms with Gasteiger partial charge in [-0.2, -0.15) is 0 Å². The third-order valence-corrected chi connectivity index (χ3v) is 1.29. The van der Waals surface area contributed by atoms with Crippen LogP contribution in [0.2, 0.25) is 0 Å². The smallest absolute Gasteiger partial charge is 0.178 e. The molecule has 10 heavy (non-hydrogen) atoms. The zero-order valence-corrected chi connectivity index (χ0v) is 7.67. The Labute approximate surface area is 84.5 Å². The number of hydrogen-bond acceptors (Lipinski definition) is 3. The fraction of sp³-hybridized carbons (Fsp3) is 0. The Bertz CT molecular complexity index is 281. The van der Waals surface area contributed by atoms with E-state index in [4.69, 9.17) is 36.7 Å². The Balaban J connectivity index is 0.000000810. The van der Waals surface area contributed by atoms with Crippen molar-refractivity contribution >= 4 is 55.5 Å². The molecule has 0 spiro atoms. The standard InChI is InChI=1S/C3H3N3S3.Li/c7-1-4-2(8)6-3(9)5-1;/h(H3,4,5,6,7,8,9);. The molecule has 1 radical (unpaired) electrons. The Morgan fingerprint density at radius 1 is 0.700 bits per heavy atom. The maximum atomic E-state index is 4.72. The monoisotopic (exact) mass is 184 g/mol. The van der Waals surface area contributed by atoms with E-state index in [-0.39, 0.29) is 18.9 Å². The van der Waals surface area contributed by atoms with Gasteiger partial charge >= 0.3 is 0 Å². The van der Waals surface area contributed by atoms with Gasteiger partial charge in [0.15, 0.2) is 14.3 Å². The first-order valence-electron chi connectivity index (χ1n) is 2.11. The first kappa shape index (κ1) is 10.3. The minimum Gasteiger partial charge on any atom is -0.309 e. The summed E-state index contributed by atoms with van der Waals surface area (Å²) in [7, 11) is 0.